The molecule has 0 amide bonds. The van der Waals surface area contributed by atoms with Gasteiger partial charge in [-0.2, -0.15) is 15.0 Å². The molecule has 0 aliphatic heterocycles. The second kappa shape index (κ2) is 5.46. The Kier molecular flexibility index (Phi) is 4.51. The Bertz CT molecular complexity index is 303. The smallest absolute Gasteiger partial charge is 0.0880 e. The van der Waals surface area contributed by atoms with Gasteiger partial charge in [-0.15, -0.1) is 0 Å². The minimum absolute atomic E-state index is 0.0984. The maximum Gasteiger partial charge on any atom is 0.0880 e. The molecule has 1 rings (SSSR count). The van der Waals surface area contributed by atoms with Crippen molar-refractivity contribution in [1.82, 2.24) is 15.0 Å². The highest BCUT2D eigenvalue weighted by Gasteiger charge is 2.20. The van der Waals surface area contributed by atoms with E-state index in [0.29, 0.717) is 6.04 Å². The fourth-order valence-corrected chi connectivity index (χ4v) is 1.84. The quantitative estimate of drug-likeness (QED) is 0.761. The standard InChI is InChI=1S/C13H25N3/c1-6-8-11(9-7-2)16-14-10-12(15-16)13(3,4)5/h10-11H,6-9H2,1-5H3. The zero-order valence-electron chi connectivity index (χ0n) is 11.3. The van der Waals surface area contributed by atoms with Gasteiger partial charge in [-0.05, 0) is 12.8 Å². The zero-order valence-corrected chi connectivity index (χ0v) is 11.3. The van der Waals surface area contributed by atoms with Crippen LogP contribution < -0.4 is 0 Å². The van der Waals surface area contributed by atoms with E-state index in [1.54, 1.807) is 0 Å². The van der Waals surface area contributed by atoms with Crippen molar-refractivity contribution >= 4 is 0 Å². The van der Waals surface area contributed by atoms with E-state index in [2.05, 4.69) is 44.8 Å². The lowest BCUT2D eigenvalue weighted by molar-refractivity contribution is 0.347. The van der Waals surface area contributed by atoms with Crippen LogP contribution in [0.5, 0.6) is 0 Å². The number of rotatable bonds is 5. The van der Waals surface area contributed by atoms with E-state index in [4.69, 9.17) is 0 Å². The summed E-state index contributed by atoms with van der Waals surface area (Å²) in [6, 6.07) is 0.478. The van der Waals surface area contributed by atoms with Crippen molar-refractivity contribution < 1.29 is 0 Å². The topological polar surface area (TPSA) is 30.7 Å². The second-order valence-corrected chi connectivity index (χ2v) is 5.53. The molecule has 1 aromatic heterocycles. The zero-order chi connectivity index (χ0) is 12.2. The Labute approximate surface area is 99.2 Å². The fourth-order valence-electron chi connectivity index (χ4n) is 1.84. The van der Waals surface area contributed by atoms with Crippen LogP contribution in [0.2, 0.25) is 0 Å². The third-order valence-electron chi connectivity index (χ3n) is 2.85. The fraction of sp³-hybridized carbons (Fsp3) is 0.846. The Hall–Kier alpha value is -0.860. The van der Waals surface area contributed by atoms with Crippen molar-refractivity contribution in [3.8, 4) is 0 Å². The molecular weight excluding hydrogens is 198 g/mol. The van der Waals surface area contributed by atoms with Crippen LogP contribution in [0, 0.1) is 0 Å². The van der Waals surface area contributed by atoms with Crippen molar-refractivity contribution in [2.75, 3.05) is 0 Å². The molecule has 0 N–H and O–H groups in total. The lowest BCUT2D eigenvalue weighted by Crippen LogP contribution is -2.16. The molecule has 92 valence electrons. The molecule has 1 aromatic rings. The number of hydrogen-bond acceptors (Lipinski definition) is 2. The van der Waals surface area contributed by atoms with Crippen molar-refractivity contribution in [3.05, 3.63) is 11.9 Å². The summed E-state index contributed by atoms with van der Waals surface area (Å²) in [6.07, 6.45) is 6.64. The Morgan fingerprint density at radius 3 is 2.12 bits per heavy atom. The van der Waals surface area contributed by atoms with Crippen molar-refractivity contribution in [1.29, 1.82) is 0 Å². The Morgan fingerprint density at radius 1 is 1.19 bits per heavy atom. The molecule has 0 aromatic carbocycles. The van der Waals surface area contributed by atoms with Crippen LogP contribution in [0.25, 0.3) is 0 Å². The Balaban J connectivity index is 2.81. The molecule has 1 heterocycles. The first-order valence-corrected chi connectivity index (χ1v) is 6.41. The predicted octanol–water partition coefficient (Wildman–Crippen LogP) is 3.72. The second-order valence-electron chi connectivity index (χ2n) is 5.53. The first-order chi connectivity index (χ1) is 7.49. The summed E-state index contributed by atoms with van der Waals surface area (Å²) in [6.45, 7) is 11.0. The highest BCUT2D eigenvalue weighted by molar-refractivity contribution is 5.05. The summed E-state index contributed by atoms with van der Waals surface area (Å²) in [5, 5.41) is 9.05. The normalized spacial score (nSPS) is 12.4. The van der Waals surface area contributed by atoms with Gasteiger partial charge in [0.25, 0.3) is 0 Å². The number of nitrogens with zero attached hydrogens (tertiary/aromatic N) is 3. The van der Waals surface area contributed by atoms with Crippen LogP contribution in [0.15, 0.2) is 6.20 Å². The van der Waals surface area contributed by atoms with E-state index in [-0.39, 0.29) is 5.41 Å². The van der Waals surface area contributed by atoms with Crippen LogP contribution in [0.1, 0.15) is 72.0 Å². The van der Waals surface area contributed by atoms with E-state index < -0.39 is 0 Å². The van der Waals surface area contributed by atoms with Gasteiger partial charge in [0.2, 0.25) is 0 Å². The first kappa shape index (κ1) is 13.2. The van der Waals surface area contributed by atoms with E-state index in [1.807, 2.05) is 11.0 Å². The van der Waals surface area contributed by atoms with E-state index in [1.165, 1.54) is 25.7 Å². The van der Waals surface area contributed by atoms with E-state index in [9.17, 15) is 0 Å². The molecule has 0 bridgehead atoms. The first-order valence-electron chi connectivity index (χ1n) is 6.41. The van der Waals surface area contributed by atoms with Gasteiger partial charge in [0.15, 0.2) is 0 Å². The molecule has 3 heteroatoms. The summed E-state index contributed by atoms with van der Waals surface area (Å²) < 4.78 is 0. The van der Waals surface area contributed by atoms with Gasteiger partial charge in [-0.25, -0.2) is 0 Å². The third kappa shape index (κ3) is 3.32. The van der Waals surface area contributed by atoms with Gasteiger partial charge >= 0.3 is 0 Å². The molecule has 0 radical (unpaired) electrons. The SMILES string of the molecule is CCCC(CCC)n1ncc(C(C)(C)C)n1. The minimum Gasteiger partial charge on any atom is -0.182 e. The molecule has 16 heavy (non-hydrogen) atoms. The summed E-state index contributed by atoms with van der Waals surface area (Å²) in [7, 11) is 0. The lowest BCUT2D eigenvalue weighted by atomic mass is 9.93. The van der Waals surface area contributed by atoms with Crippen LogP contribution in [0.4, 0.5) is 0 Å². The maximum atomic E-state index is 4.62. The van der Waals surface area contributed by atoms with Crippen LogP contribution in [0.3, 0.4) is 0 Å². The molecular formula is C13H25N3. The minimum atomic E-state index is 0.0984. The molecule has 0 unspecified atom stereocenters. The highest BCUT2D eigenvalue weighted by atomic mass is 15.5. The number of hydrogen-bond donors (Lipinski definition) is 0. The third-order valence-corrected chi connectivity index (χ3v) is 2.85. The largest absolute Gasteiger partial charge is 0.182 e. The average Bonchev–Trinajstić information content (AvgIpc) is 2.65. The predicted molar refractivity (Wildman–Crippen MR) is 67.6 cm³/mol. The van der Waals surface area contributed by atoms with Gasteiger partial charge in [0, 0.05) is 5.41 Å². The summed E-state index contributed by atoms with van der Waals surface area (Å²) in [5.41, 5.74) is 1.19. The highest BCUT2D eigenvalue weighted by Crippen LogP contribution is 2.22. The van der Waals surface area contributed by atoms with Gasteiger partial charge in [0.1, 0.15) is 0 Å². The number of aromatic nitrogens is 3. The lowest BCUT2D eigenvalue weighted by Gasteiger charge is -2.16. The summed E-state index contributed by atoms with van der Waals surface area (Å²) in [4.78, 5) is 1.92. The maximum absolute atomic E-state index is 4.62. The molecule has 0 spiro atoms. The monoisotopic (exact) mass is 223 g/mol. The molecule has 0 saturated heterocycles. The summed E-state index contributed by atoms with van der Waals surface area (Å²) in [5.74, 6) is 0. The van der Waals surface area contributed by atoms with Crippen LogP contribution in [-0.2, 0) is 5.41 Å². The van der Waals surface area contributed by atoms with Gasteiger partial charge in [-0.3, -0.25) is 0 Å². The average molecular weight is 223 g/mol. The summed E-state index contributed by atoms with van der Waals surface area (Å²) >= 11 is 0. The van der Waals surface area contributed by atoms with Gasteiger partial charge < -0.3 is 0 Å². The van der Waals surface area contributed by atoms with Gasteiger partial charge in [0.05, 0.1) is 17.9 Å². The van der Waals surface area contributed by atoms with Crippen molar-refractivity contribution in [3.63, 3.8) is 0 Å². The molecule has 0 aliphatic carbocycles. The molecule has 0 fully saturated rings. The Morgan fingerprint density at radius 2 is 1.75 bits per heavy atom. The van der Waals surface area contributed by atoms with Crippen LogP contribution >= 0.6 is 0 Å². The van der Waals surface area contributed by atoms with Crippen molar-refractivity contribution in [2.45, 2.75) is 71.8 Å². The van der Waals surface area contributed by atoms with E-state index in [0.717, 1.165) is 5.69 Å². The molecule has 3 nitrogen and oxygen atoms in total. The molecule has 0 aliphatic rings. The van der Waals surface area contributed by atoms with Gasteiger partial charge in [-0.1, -0.05) is 47.5 Å². The molecule has 0 atom stereocenters. The van der Waals surface area contributed by atoms with E-state index >= 15 is 0 Å². The molecule has 0 saturated carbocycles. The van der Waals surface area contributed by atoms with Crippen molar-refractivity contribution in [2.24, 2.45) is 0 Å². The van der Waals surface area contributed by atoms with Crippen LogP contribution in [-0.4, -0.2) is 15.0 Å².